The second-order valence-corrected chi connectivity index (χ2v) is 6.05. The Bertz CT molecular complexity index is 638. The predicted molar refractivity (Wildman–Crippen MR) is 85.7 cm³/mol. The molecule has 0 saturated carbocycles. The van der Waals surface area contributed by atoms with E-state index in [2.05, 4.69) is 4.98 Å². The highest BCUT2D eigenvalue weighted by atomic mass is 32.1. The van der Waals surface area contributed by atoms with Crippen LogP contribution in [0.2, 0.25) is 0 Å². The van der Waals surface area contributed by atoms with Crippen LogP contribution >= 0.6 is 11.3 Å². The molecule has 23 heavy (non-hydrogen) atoms. The summed E-state index contributed by atoms with van der Waals surface area (Å²) < 4.78 is 31.8. The molecule has 0 saturated heterocycles. The van der Waals surface area contributed by atoms with Gasteiger partial charge < -0.3 is 4.74 Å². The van der Waals surface area contributed by atoms with Crippen LogP contribution in [0.15, 0.2) is 23.6 Å². The molecule has 0 atom stereocenters. The van der Waals surface area contributed by atoms with E-state index < -0.39 is 17.6 Å². The first-order valence-corrected chi connectivity index (χ1v) is 8.54. The molecule has 3 nitrogen and oxygen atoms in total. The van der Waals surface area contributed by atoms with Crippen molar-refractivity contribution in [2.75, 3.05) is 6.61 Å². The molecule has 0 N–H and O–H groups in total. The number of carbonyl (C=O) groups is 1. The highest BCUT2D eigenvalue weighted by Gasteiger charge is 2.11. The summed E-state index contributed by atoms with van der Waals surface area (Å²) in [4.78, 5) is 15.7. The Morgan fingerprint density at radius 2 is 1.87 bits per heavy atom. The minimum atomic E-state index is -0.482. The molecule has 1 aromatic carbocycles. The van der Waals surface area contributed by atoms with Crippen LogP contribution in [-0.4, -0.2) is 17.6 Å². The Morgan fingerprint density at radius 3 is 2.57 bits per heavy atom. The quantitative estimate of drug-likeness (QED) is 0.523. The average Bonchev–Trinajstić information content (AvgIpc) is 2.99. The lowest BCUT2D eigenvalue weighted by Gasteiger charge is -2.04. The highest BCUT2D eigenvalue weighted by Crippen LogP contribution is 2.17. The van der Waals surface area contributed by atoms with Crippen LogP contribution in [0.25, 0.3) is 0 Å². The van der Waals surface area contributed by atoms with Crippen LogP contribution < -0.4 is 0 Å². The zero-order valence-electron chi connectivity index (χ0n) is 13.0. The van der Waals surface area contributed by atoms with E-state index in [1.165, 1.54) is 29.5 Å². The number of hydrogen-bond donors (Lipinski definition) is 0. The second kappa shape index (κ2) is 8.72. The summed E-state index contributed by atoms with van der Waals surface area (Å²) in [5.74, 6) is -1.36. The van der Waals surface area contributed by atoms with Crippen LogP contribution in [0.3, 0.4) is 0 Å². The van der Waals surface area contributed by atoms with E-state index in [0.29, 0.717) is 25.1 Å². The lowest BCUT2D eigenvalue weighted by Crippen LogP contribution is -2.05. The fraction of sp³-hybridized carbons (Fsp3) is 0.412. The first-order valence-electron chi connectivity index (χ1n) is 7.66. The third-order valence-electron chi connectivity index (χ3n) is 3.42. The van der Waals surface area contributed by atoms with E-state index in [1.807, 2.05) is 0 Å². The Morgan fingerprint density at radius 1 is 1.17 bits per heavy atom. The summed E-state index contributed by atoms with van der Waals surface area (Å²) in [6, 6.07) is 3.94. The van der Waals surface area contributed by atoms with Crippen LogP contribution in [0.4, 0.5) is 8.78 Å². The van der Waals surface area contributed by atoms with Gasteiger partial charge in [0.05, 0.1) is 11.6 Å². The number of benzene rings is 1. The van der Waals surface area contributed by atoms with E-state index in [1.54, 1.807) is 12.3 Å². The topological polar surface area (TPSA) is 39.2 Å². The lowest BCUT2D eigenvalue weighted by molar-refractivity contribution is 0.0520. The minimum Gasteiger partial charge on any atom is -0.461 e. The smallest absolute Gasteiger partial charge is 0.357 e. The van der Waals surface area contributed by atoms with E-state index in [4.69, 9.17) is 4.74 Å². The molecule has 0 aliphatic carbocycles. The maximum Gasteiger partial charge on any atom is 0.357 e. The monoisotopic (exact) mass is 339 g/mol. The maximum atomic E-state index is 13.5. The molecular formula is C17H19F2NO2S. The van der Waals surface area contributed by atoms with Gasteiger partial charge in [-0.1, -0.05) is 12.5 Å². The summed E-state index contributed by atoms with van der Waals surface area (Å²) in [5.41, 5.74) is 0.506. The van der Waals surface area contributed by atoms with Crippen molar-refractivity contribution in [1.29, 1.82) is 0 Å². The second-order valence-electron chi connectivity index (χ2n) is 5.11. The largest absolute Gasteiger partial charge is 0.461 e. The van der Waals surface area contributed by atoms with Crippen LogP contribution in [0.1, 0.15) is 47.2 Å². The van der Waals surface area contributed by atoms with Crippen molar-refractivity contribution in [1.82, 2.24) is 4.98 Å². The summed E-state index contributed by atoms with van der Waals surface area (Å²) in [7, 11) is 0. The summed E-state index contributed by atoms with van der Waals surface area (Å²) in [5, 5.41) is 2.58. The van der Waals surface area contributed by atoms with Crippen molar-refractivity contribution >= 4 is 17.3 Å². The van der Waals surface area contributed by atoms with E-state index >= 15 is 0 Å². The molecule has 0 spiro atoms. The van der Waals surface area contributed by atoms with Crippen LogP contribution in [-0.2, 0) is 17.6 Å². The van der Waals surface area contributed by atoms with Crippen molar-refractivity contribution in [3.05, 3.63) is 51.5 Å². The molecule has 0 unspecified atom stereocenters. The number of nitrogens with zero attached hydrogens (tertiary/aromatic N) is 1. The average molecular weight is 339 g/mol. The van der Waals surface area contributed by atoms with Crippen LogP contribution in [0, 0.1) is 11.6 Å². The number of hydrogen-bond acceptors (Lipinski definition) is 4. The third kappa shape index (κ3) is 5.10. The molecule has 1 aromatic heterocycles. The van der Waals surface area contributed by atoms with Crippen molar-refractivity contribution in [3.8, 4) is 0 Å². The molecule has 1 heterocycles. The number of thiazole rings is 1. The SMILES string of the molecule is CCOC(=O)c1csc(CCCCCc2c(F)cccc2F)n1. The number of aromatic nitrogens is 1. The number of halogens is 2. The van der Waals surface area contributed by atoms with Crippen molar-refractivity contribution < 1.29 is 18.3 Å². The Hall–Kier alpha value is -1.82. The molecule has 0 aliphatic heterocycles. The van der Waals surface area contributed by atoms with Crippen molar-refractivity contribution in [2.24, 2.45) is 0 Å². The Labute approximate surface area is 138 Å². The zero-order chi connectivity index (χ0) is 16.7. The molecule has 0 bridgehead atoms. The molecule has 6 heteroatoms. The Balaban J connectivity index is 1.73. The van der Waals surface area contributed by atoms with Gasteiger partial charge in [-0.15, -0.1) is 11.3 Å². The molecular weight excluding hydrogens is 320 g/mol. The number of aryl methyl sites for hydroxylation is 1. The van der Waals surface area contributed by atoms with Gasteiger partial charge in [-0.05, 0) is 44.7 Å². The zero-order valence-corrected chi connectivity index (χ0v) is 13.8. The molecule has 0 fully saturated rings. The number of rotatable bonds is 8. The number of ether oxygens (including phenoxy) is 1. The summed E-state index contributed by atoms with van der Waals surface area (Å²) in [6.45, 7) is 2.09. The highest BCUT2D eigenvalue weighted by molar-refractivity contribution is 7.09. The van der Waals surface area contributed by atoms with Gasteiger partial charge in [0.15, 0.2) is 5.69 Å². The van der Waals surface area contributed by atoms with Gasteiger partial charge in [-0.2, -0.15) is 0 Å². The van der Waals surface area contributed by atoms with Crippen molar-refractivity contribution in [2.45, 2.75) is 39.0 Å². The molecule has 2 rings (SSSR count). The summed E-state index contributed by atoms with van der Waals surface area (Å²) in [6.07, 6.45) is 3.58. The molecule has 2 aromatic rings. The van der Waals surface area contributed by atoms with E-state index in [0.717, 1.165) is 24.3 Å². The molecule has 0 aliphatic rings. The Kier molecular flexibility index (Phi) is 6.65. The summed E-state index contributed by atoms with van der Waals surface area (Å²) >= 11 is 1.43. The maximum absolute atomic E-state index is 13.5. The fourth-order valence-corrected chi connectivity index (χ4v) is 3.06. The van der Waals surface area contributed by atoms with Gasteiger partial charge in [-0.25, -0.2) is 18.6 Å². The minimum absolute atomic E-state index is 0.159. The molecule has 0 amide bonds. The first kappa shape index (κ1) is 17.5. The number of carbonyl (C=O) groups excluding carboxylic acids is 1. The van der Waals surface area contributed by atoms with Gasteiger partial charge in [-0.3, -0.25) is 0 Å². The van der Waals surface area contributed by atoms with Gasteiger partial charge in [0.2, 0.25) is 0 Å². The molecule has 124 valence electrons. The third-order valence-corrected chi connectivity index (χ3v) is 4.32. The van der Waals surface area contributed by atoms with E-state index in [9.17, 15) is 13.6 Å². The van der Waals surface area contributed by atoms with Gasteiger partial charge in [0, 0.05) is 10.9 Å². The normalized spacial score (nSPS) is 10.7. The number of esters is 1. The lowest BCUT2D eigenvalue weighted by atomic mass is 10.1. The predicted octanol–water partition coefficient (Wildman–Crippen LogP) is 4.55. The first-order chi connectivity index (χ1) is 11.1. The number of unbranched alkanes of at least 4 members (excludes halogenated alkanes) is 2. The van der Waals surface area contributed by atoms with Gasteiger partial charge in [0.1, 0.15) is 11.6 Å². The standard InChI is InChI=1S/C17H19F2NO2S/c1-2-22-17(21)15-11-23-16(20-15)10-5-3-4-7-12-13(18)8-6-9-14(12)19/h6,8-9,11H,2-5,7,10H2,1H3. The van der Waals surface area contributed by atoms with E-state index in [-0.39, 0.29) is 5.56 Å². The molecule has 0 radical (unpaired) electrons. The fourth-order valence-electron chi connectivity index (χ4n) is 2.25. The van der Waals surface area contributed by atoms with Gasteiger partial charge in [0.25, 0.3) is 0 Å². The van der Waals surface area contributed by atoms with Crippen LogP contribution in [0.5, 0.6) is 0 Å². The van der Waals surface area contributed by atoms with Crippen molar-refractivity contribution in [3.63, 3.8) is 0 Å². The van der Waals surface area contributed by atoms with Gasteiger partial charge >= 0.3 is 5.97 Å².